The molecule has 2 heterocycles. The lowest BCUT2D eigenvalue weighted by Crippen LogP contribution is -2.47. The number of hydrogen-bond donors (Lipinski definition) is 1. The summed E-state index contributed by atoms with van der Waals surface area (Å²) in [5.41, 5.74) is -1.08. The van der Waals surface area contributed by atoms with Crippen molar-refractivity contribution in [1.82, 2.24) is 14.3 Å². The van der Waals surface area contributed by atoms with Gasteiger partial charge in [0.2, 0.25) is 0 Å². The van der Waals surface area contributed by atoms with Crippen LogP contribution < -0.4 is 4.90 Å². The molecule has 1 saturated carbocycles. The summed E-state index contributed by atoms with van der Waals surface area (Å²) >= 11 is 0. The van der Waals surface area contributed by atoms with Gasteiger partial charge in [0.25, 0.3) is 0 Å². The molecule has 0 bridgehead atoms. The molecular formula is C25H27F3N4O2S. The Hall–Kier alpha value is -2.85. The lowest BCUT2D eigenvalue weighted by atomic mass is 10.0. The normalized spacial score (nSPS) is 19.4. The summed E-state index contributed by atoms with van der Waals surface area (Å²) in [5.74, 6) is 0.395. The number of alkyl halides is 3. The minimum absolute atomic E-state index is 0.254. The van der Waals surface area contributed by atoms with Gasteiger partial charge in [0.15, 0.2) is 0 Å². The molecule has 1 aromatic heterocycles. The van der Waals surface area contributed by atoms with Crippen LogP contribution in [0.2, 0.25) is 0 Å². The smallest absolute Gasteiger partial charge is 0.361 e. The topological polar surface area (TPSA) is 69.3 Å². The number of nitrogens with zero attached hydrogens (tertiary/aromatic N) is 3. The lowest BCUT2D eigenvalue weighted by Gasteiger charge is -2.34. The maximum absolute atomic E-state index is 13.7. The largest absolute Gasteiger partial charge is 0.511 e. The lowest BCUT2D eigenvalue weighted by molar-refractivity contribution is -0.0492. The molecule has 1 N–H and O–H groups in total. The van der Waals surface area contributed by atoms with Gasteiger partial charge in [-0.2, -0.15) is 17.5 Å². The summed E-state index contributed by atoms with van der Waals surface area (Å²) in [7, 11) is -5.50. The van der Waals surface area contributed by atoms with E-state index in [-0.39, 0.29) is 13.1 Å². The Kier molecular flexibility index (Phi) is 6.35. The molecule has 1 aliphatic carbocycles. The molecule has 0 unspecified atom stereocenters. The molecule has 186 valence electrons. The first-order valence-corrected chi connectivity index (χ1v) is 13.1. The van der Waals surface area contributed by atoms with Gasteiger partial charge < -0.3 is 9.88 Å². The van der Waals surface area contributed by atoms with Crippen molar-refractivity contribution in [1.29, 1.82) is 0 Å². The number of aryl methyl sites for hydroxylation is 1. The highest BCUT2D eigenvalue weighted by molar-refractivity contribution is 7.89. The molecule has 35 heavy (non-hydrogen) atoms. The predicted octanol–water partition coefficient (Wildman–Crippen LogP) is 4.96. The quantitative estimate of drug-likeness (QED) is 0.494. The molecule has 5 rings (SSSR count). The van der Waals surface area contributed by atoms with Crippen LogP contribution in [0.4, 0.5) is 18.9 Å². The molecule has 3 aromatic rings. The highest BCUT2D eigenvalue weighted by Crippen LogP contribution is 2.43. The third-order valence-corrected chi connectivity index (χ3v) is 8.34. The van der Waals surface area contributed by atoms with Gasteiger partial charge in [0, 0.05) is 31.0 Å². The van der Waals surface area contributed by atoms with Crippen LogP contribution in [0, 0.1) is 0 Å². The van der Waals surface area contributed by atoms with Crippen molar-refractivity contribution in [3.63, 3.8) is 0 Å². The van der Waals surface area contributed by atoms with Crippen molar-refractivity contribution < 1.29 is 21.6 Å². The first-order chi connectivity index (χ1) is 16.7. The zero-order valence-corrected chi connectivity index (χ0v) is 19.9. The van der Waals surface area contributed by atoms with Crippen molar-refractivity contribution in [3.8, 4) is 0 Å². The highest BCUT2D eigenvalue weighted by atomic mass is 32.2. The Morgan fingerprint density at radius 2 is 1.86 bits per heavy atom. The van der Waals surface area contributed by atoms with E-state index < -0.39 is 21.6 Å². The van der Waals surface area contributed by atoms with Gasteiger partial charge in [-0.3, -0.25) is 0 Å². The van der Waals surface area contributed by atoms with Crippen LogP contribution in [-0.4, -0.2) is 40.8 Å². The van der Waals surface area contributed by atoms with Crippen LogP contribution in [0.25, 0.3) is 0 Å². The van der Waals surface area contributed by atoms with Gasteiger partial charge in [-0.05, 0) is 54.4 Å². The molecular weight excluding hydrogens is 477 g/mol. The Balaban J connectivity index is 1.56. The van der Waals surface area contributed by atoms with Gasteiger partial charge in [-0.15, -0.1) is 0 Å². The van der Waals surface area contributed by atoms with Gasteiger partial charge in [0.05, 0.1) is 18.6 Å². The Bertz CT molecular complexity index is 1260. The van der Waals surface area contributed by atoms with E-state index in [9.17, 15) is 21.6 Å². The number of rotatable bonds is 7. The summed E-state index contributed by atoms with van der Waals surface area (Å²) in [6, 6.07) is 15.1. The van der Waals surface area contributed by atoms with E-state index >= 15 is 0 Å². The molecule has 0 saturated heterocycles. The third kappa shape index (κ3) is 5.08. The number of aromatic amines is 1. The number of benzene rings is 2. The molecule has 0 spiro atoms. The fraction of sp³-hybridized carbons (Fsp3) is 0.400. The van der Waals surface area contributed by atoms with Crippen molar-refractivity contribution in [2.75, 3.05) is 11.4 Å². The second kappa shape index (κ2) is 9.31. The second-order valence-electron chi connectivity index (χ2n) is 9.29. The Morgan fingerprint density at radius 3 is 2.51 bits per heavy atom. The number of sulfonamides is 1. The Labute approximate surface area is 202 Å². The molecule has 0 radical (unpaired) electrons. The van der Waals surface area contributed by atoms with Crippen LogP contribution >= 0.6 is 0 Å². The SMILES string of the molecule is O=S(=O)(N1Cc2cc(C3CC3)ccc2N(Cc2cnc[nH]2)[C@@H](CCc2ccccc2)C1)C(F)(F)F. The predicted molar refractivity (Wildman–Crippen MR) is 127 cm³/mol. The second-order valence-corrected chi connectivity index (χ2v) is 11.2. The van der Waals surface area contributed by atoms with Gasteiger partial charge in [0.1, 0.15) is 0 Å². The molecule has 2 aliphatic rings. The number of aromatic nitrogens is 2. The number of nitrogens with one attached hydrogen (secondary N) is 1. The number of H-pyrrole nitrogens is 1. The summed E-state index contributed by atoms with van der Waals surface area (Å²) in [6.07, 6.45) is 6.43. The van der Waals surface area contributed by atoms with Crippen LogP contribution in [-0.2, 0) is 29.5 Å². The molecule has 2 aromatic carbocycles. The van der Waals surface area contributed by atoms with Gasteiger partial charge in [-0.25, -0.2) is 13.4 Å². The summed E-state index contributed by atoms with van der Waals surface area (Å²) in [6.45, 7) is -0.176. The average Bonchev–Trinajstić information content (AvgIpc) is 3.58. The van der Waals surface area contributed by atoms with Gasteiger partial charge in [-0.1, -0.05) is 42.5 Å². The summed E-state index contributed by atoms with van der Waals surface area (Å²) in [4.78, 5) is 9.19. The van der Waals surface area contributed by atoms with E-state index in [1.165, 1.54) is 0 Å². The maximum atomic E-state index is 13.7. The first kappa shape index (κ1) is 23.9. The highest BCUT2D eigenvalue weighted by Gasteiger charge is 2.51. The van der Waals surface area contributed by atoms with E-state index in [2.05, 4.69) is 9.97 Å². The van der Waals surface area contributed by atoms with Crippen LogP contribution in [0.1, 0.15) is 47.6 Å². The molecule has 1 aliphatic heterocycles. The minimum Gasteiger partial charge on any atom is -0.361 e. The van der Waals surface area contributed by atoms with E-state index in [1.807, 2.05) is 53.4 Å². The monoisotopic (exact) mass is 504 g/mol. The first-order valence-electron chi connectivity index (χ1n) is 11.7. The number of imidazole rings is 1. The van der Waals surface area contributed by atoms with Crippen LogP contribution in [0.15, 0.2) is 61.1 Å². The van der Waals surface area contributed by atoms with Crippen molar-refractivity contribution in [2.45, 2.75) is 56.2 Å². The molecule has 1 atom stereocenters. The number of halogens is 3. The number of anilines is 1. The molecule has 1 fully saturated rings. The van der Waals surface area contributed by atoms with Crippen molar-refractivity contribution in [2.24, 2.45) is 0 Å². The minimum atomic E-state index is -5.50. The van der Waals surface area contributed by atoms with E-state index in [4.69, 9.17) is 0 Å². The molecule has 10 heteroatoms. The number of hydrogen-bond acceptors (Lipinski definition) is 4. The fourth-order valence-corrected chi connectivity index (χ4v) is 5.76. The Morgan fingerprint density at radius 1 is 1.09 bits per heavy atom. The zero-order valence-electron chi connectivity index (χ0n) is 19.1. The molecule has 6 nitrogen and oxygen atoms in total. The van der Waals surface area contributed by atoms with Crippen molar-refractivity contribution >= 4 is 15.7 Å². The van der Waals surface area contributed by atoms with E-state index in [0.717, 1.165) is 35.3 Å². The van der Waals surface area contributed by atoms with E-state index in [0.29, 0.717) is 35.2 Å². The van der Waals surface area contributed by atoms with E-state index in [1.54, 1.807) is 12.5 Å². The molecule has 0 amide bonds. The summed E-state index contributed by atoms with van der Waals surface area (Å²) in [5, 5.41) is 0. The summed E-state index contributed by atoms with van der Waals surface area (Å²) < 4.78 is 66.8. The van der Waals surface area contributed by atoms with Gasteiger partial charge >= 0.3 is 15.5 Å². The van der Waals surface area contributed by atoms with Crippen molar-refractivity contribution in [3.05, 3.63) is 83.4 Å². The standard InChI is InChI=1S/C25H27F3N4O2S/c26-25(27,28)35(33,34)31-14-21-12-20(19-7-8-19)9-11-24(21)32(15-22-13-29-17-30-22)23(16-31)10-6-18-4-2-1-3-5-18/h1-5,9,11-13,17,19,23H,6-8,10,14-16H2,(H,29,30)/t23-/m0/s1. The van der Waals surface area contributed by atoms with Crippen LogP contribution in [0.3, 0.4) is 0 Å². The van der Waals surface area contributed by atoms with Crippen LogP contribution in [0.5, 0.6) is 0 Å². The maximum Gasteiger partial charge on any atom is 0.511 e. The average molecular weight is 505 g/mol. The third-order valence-electron chi connectivity index (χ3n) is 6.80. The zero-order chi connectivity index (χ0) is 24.6. The number of fused-ring (bicyclic) bond motifs is 1. The fourth-order valence-electron chi connectivity index (χ4n) is 4.79.